The summed E-state index contributed by atoms with van der Waals surface area (Å²) in [5.74, 6) is 1.28. The normalized spacial score (nSPS) is 20.2. The SMILES string of the molecule is CCc1cc(CN2CCSCC2CC(=O)O)n(CC)n1. The minimum Gasteiger partial charge on any atom is -0.481 e. The fourth-order valence-electron chi connectivity index (χ4n) is 2.58. The molecule has 1 atom stereocenters. The van der Waals surface area contributed by atoms with Crippen molar-refractivity contribution in [1.82, 2.24) is 14.7 Å². The van der Waals surface area contributed by atoms with Crippen molar-refractivity contribution in [3.8, 4) is 0 Å². The predicted molar refractivity (Wildman–Crippen MR) is 81.1 cm³/mol. The number of nitrogens with zero attached hydrogens (tertiary/aromatic N) is 3. The maximum atomic E-state index is 11.0. The zero-order valence-corrected chi connectivity index (χ0v) is 13.0. The molecule has 1 N–H and O–H groups in total. The van der Waals surface area contributed by atoms with Crippen molar-refractivity contribution in [2.45, 2.75) is 45.8 Å². The number of aromatic nitrogens is 2. The van der Waals surface area contributed by atoms with Gasteiger partial charge in [0.15, 0.2) is 0 Å². The molecule has 0 spiro atoms. The van der Waals surface area contributed by atoms with Crippen molar-refractivity contribution < 1.29 is 9.90 Å². The third-order valence-electron chi connectivity index (χ3n) is 3.70. The van der Waals surface area contributed by atoms with Crippen LogP contribution in [0.1, 0.15) is 31.7 Å². The highest BCUT2D eigenvalue weighted by molar-refractivity contribution is 7.99. The van der Waals surface area contributed by atoms with Crippen LogP contribution >= 0.6 is 11.8 Å². The third kappa shape index (κ3) is 3.76. The first-order valence-corrected chi connectivity index (χ1v) is 8.38. The summed E-state index contributed by atoms with van der Waals surface area (Å²) >= 11 is 1.85. The highest BCUT2D eigenvalue weighted by atomic mass is 32.2. The topological polar surface area (TPSA) is 58.4 Å². The molecule has 1 aliphatic rings. The molecule has 2 rings (SSSR count). The average molecular weight is 297 g/mol. The van der Waals surface area contributed by atoms with E-state index in [1.165, 1.54) is 5.69 Å². The largest absolute Gasteiger partial charge is 0.481 e. The second kappa shape index (κ2) is 7.13. The van der Waals surface area contributed by atoms with Gasteiger partial charge in [-0.25, -0.2) is 0 Å². The van der Waals surface area contributed by atoms with Crippen LogP contribution in [0.5, 0.6) is 0 Å². The van der Waals surface area contributed by atoms with Gasteiger partial charge in [-0.15, -0.1) is 0 Å². The standard InChI is InChI=1S/C14H23N3O2S/c1-3-11-7-12(17(4-2)15-11)9-16-5-6-20-10-13(16)8-14(18)19/h7,13H,3-6,8-10H2,1-2H3,(H,18,19). The number of hydrogen-bond donors (Lipinski definition) is 1. The van der Waals surface area contributed by atoms with Gasteiger partial charge in [0, 0.05) is 37.2 Å². The van der Waals surface area contributed by atoms with E-state index in [9.17, 15) is 4.79 Å². The van der Waals surface area contributed by atoms with Crippen molar-refractivity contribution in [1.29, 1.82) is 0 Å². The van der Waals surface area contributed by atoms with E-state index in [0.717, 1.165) is 43.3 Å². The Hall–Kier alpha value is -1.01. The molecule has 0 aliphatic carbocycles. The summed E-state index contributed by atoms with van der Waals surface area (Å²) < 4.78 is 2.04. The number of hydrogen-bond acceptors (Lipinski definition) is 4. The van der Waals surface area contributed by atoms with Gasteiger partial charge < -0.3 is 5.11 Å². The maximum absolute atomic E-state index is 11.0. The summed E-state index contributed by atoms with van der Waals surface area (Å²) in [6, 6.07) is 2.29. The molecule has 1 unspecified atom stereocenters. The fraction of sp³-hybridized carbons (Fsp3) is 0.714. The summed E-state index contributed by atoms with van der Waals surface area (Å²) in [5.41, 5.74) is 2.31. The fourth-order valence-corrected chi connectivity index (χ4v) is 3.71. The average Bonchev–Trinajstić information content (AvgIpc) is 2.82. The van der Waals surface area contributed by atoms with Crippen LogP contribution in [0.15, 0.2) is 6.07 Å². The molecule has 1 aromatic heterocycles. The van der Waals surface area contributed by atoms with Gasteiger partial charge in [-0.05, 0) is 19.4 Å². The molecule has 0 aromatic carbocycles. The maximum Gasteiger partial charge on any atom is 0.304 e. The summed E-state index contributed by atoms with van der Waals surface area (Å²) in [7, 11) is 0. The van der Waals surface area contributed by atoms with E-state index in [2.05, 4.69) is 29.9 Å². The number of aryl methyl sites for hydroxylation is 2. The van der Waals surface area contributed by atoms with Crippen LogP contribution < -0.4 is 0 Å². The molecule has 1 aromatic rings. The molecule has 5 nitrogen and oxygen atoms in total. The van der Waals surface area contributed by atoms with Crippen LogP contribution in [0.2, 0.25) is 0 Å². The molecule has 0 radical (unpaired) electrons. The summed E-state index contributed by atoms with van der Waals surface area (Å²) in [6.45, 7) is 6.83. The molecular weight excluding hydrogens is 274 g/mol. The number of thioether (sulfide) groups is 1. The van der Waals surface area contributed by atoms with E-state index in [-0.39, 0.29) is 12.5 Å². The molecule has 0 bridgehead atoms. The van der Waals surface area contributed by atoms with Gasteiger partial charge >= 0.3 is 5.97 Å². The Bertz CT molecular complexity index is 461. The molecule has 6 heteroatoms. The molecule has 1 aliphatic heterocycles. The zero-order chi connectivity index (χ0) is 14.5. The highest BCUT2D eigenvalue weighted by Crippen LogP contribution is 2.21. The summed E-state index contributed by atoms with van der Waals surface area (Å²) in [4.78, 5) is 13.3. The lowest BCUT2D eigenvalue weighted by molar-refractivity contribution is -0.138. The number of aliphatic carboxylic acids is 1. The Morgan fingerprint density at radius 2 is 2.35 bits per heavy atom. The van der Waals surface area contributed by atoms with Gasteiger partial charge in [0.2, 0.25) is 0 Å². The van der Waals surface area contributed by atoms with Gasteiger partial charge in [0.25, 0.3) is 0 Å². The Morgan fingerprint density at radius 3 is 3.00 bits per heavy atom. The molecule has 0 saturated carbocycles. The lowest BCUT2D eigenvalue weighted by Gasteiger charge is -2.34. The zero-order valence-electron chi connectivity index (χ0n) is 12.2. The smallest absolute Gasteiger partial charge is 0.304 e. The summed E-state index contributed by atoms with van der Waals surface area (Å²) in [6.07, 6.45) is 1.17. The number of carboxylic acid groups (broad SMARTS) is 1. The Kier molecular flexibility index (Phi) is 5.48. The first-order valence-electron chi connectivity index (χ1n) is 7.23. The van der Waals surface area contributed by atoms with Gasteiger partial charge in [0.1, 0.15) is 0 Å². The van der Waals surface area contributed by atoms with Crippen LogP contribution in [-0.4, -0.2) is 49.8 Å². The molecule has 0 amide bonds. The van der Waals surface area contributed by atoms with Crippen molar-refractivity contribution in [3.63, 3.8) is 0 Å². The van der Waals surface area contributed by atoms with E-state index < -0.39 is 5.97 Å². The van der Waals surface area contributed by atoms with E-state index in [0.29, 0.717) is 0 Å². The van der Waals surface area contributed by atoms with Gasteiger partial charge in [-0.3, -0.25) is 14.4 Å². The summed E-state index contributed by atoms with van der Waals surface area (Å²) in [5, 5.41) is 13.6. The lowest BCUT2D eigenvalue weighted by atomic mass is 10.2. The predicted octanol–water partition coefficient (Wildman–Crippen LogP) is 1.86. The molecule has 2 heterocycles. The first kappa shape index (κ1) is 15.4. The van der Waals surface area contributed by atoms with Crippen molar-refractivity contribution in [3.05, 3.63) is 17.5 Å². The Morgan fingerprint density at radius 1 is 1.55 bits per heavy atom. The number of rotatable bonds is 6. The van der Waals surface area contributed by atoms with Crippen LogP contribution in [0.25, 0.3) is 0 Å². The van der Waals surface area contributed by atoms with E-state index in [1.54, 1.807) is 0 Å². The number of carbonyl (C=O) groups is 1. The monoisotopic (exact) mass is 297 g/mol. The Labute approximate surface area is 124 Å². The quantitative estimate of drug-likeness (QED) is 0.868. The first-order chi connectivity index (χ1) is 9.63. The van der Waals surface area contributed by atoms with Crippen molar-refractivity contribution >= 4 is 17.7 Å². The van der Waals surface area contributed by atoms with Gasteiger partial charge in [-0.2, -0.15) is 16.9 Å². The Balaban J connectivity index is 2.09. The van der Waals surface area contributed by atoms with Gasteiger partial charge in [-0.1, -0.05) is 6.92 Å². The van der Waals surface area contributed by atoms with E-state index in [4.69, 9.17) is 5.11 Å². The minimum absolute atomic E-state index is 0.136. The van der Waals surface area contributed by atoms with E-state index in [1.807, 2.05) is 16.4 Å². The van der Waals surface area contributed by atoms with Crippen LogP contribution in [0, 0.1) is 0 Å². The van der Waals surface area contributed by atoms with Crippen LogP contribution in [-0.2, 0) is 24.3 Å². The van der Waals surface area contributed by atoms with Crippen LogP contribution in [0.3, 0.4) is 0 Å². The lowest BCUT2D eigenvalue weighted by Crippen LogP contribution is -2.43. The third-order valence-corrected chi connectivity index (χ3v) is 4.79. The molecule has 112 valence electrons. The van der Waals surface area contributed by atoms with Gasteiger partial charge in [0.05, 0.1) is 17.8 Å². The molecular formula is C14H23N3O2S. The second-order valence-corrected chi connectivity index (χ2v) is 6.24. The second-order valence-electron chi connectivity index (χ2n) is 5.09. The number of carboxylic acids is 1. The van der Waals surface area contributed by atoms with Crippen molar-refractivity contribution in [2.24, 2.45) is 0 Å². The molecule has 1 fully saturated rings. The van der Waals surface area contributed by atoms with Crippen molar-refractivity contribution in [2.75, 3.05) is 18.1 Å². The van der Waals surface area contributed by atoms with Crippen LogP contribution in [0.4, 0.5) is 0 Å². The molecule has 1 saturated heterocycles. The minimum atomic E-state index is -0.708. The van der Waals surface area contributed by atoms with E-state index >= 15 is 0 Å². The highest BCUT2D eigenvalue weighted by Gasteiger charge is 2.26. The molecule has 20 heavy (non-hydrogen) atoms.